The van der Waals surface area contributed by atoms with Crippen LogP contribution in [-0.2, 0) is 29.2 Å². The van der Waals surface area contributed by atoms with Crippen molar-refractivity contribution in [1.29, 1.82) is 0 Å². The number of allylic oxidation sites excluding steroid dienone is 1. The zero-order chi connectivity index (χ0) is 18.9. The molecule has 0 heterocycles. The van der Waals surface area contributed by atoms with Crippen molar-refractivity contribution in [2.45, 2.75) is 51.6 Å². The van der Waals surface area contributed by atoms with Gasteiger partial charge in [0.2, 0.25) is 0 Å². The maximum Gasteiger partial charge on any atom is 0.333 e. The Hall–Kier alpha value is -1.67. The second-order valence-electron chi connectivity index (χ2n) is 7.19. The first-order valence-electron chi connectivity index (χ1n) is 8.17. The van der Waals surface area contributed by atoms with Crippen LogP contribution in [0.1, 0.15) is 46.0 Å². The molecule has 25 heavy (non-hydrogen) atoms. The molecule has 0 saturated heterocycles. The summed E-state index contributed by atoms with van der Waals surface area (Å²) >= 11 is 0. The van der Waals surface area contributed by atoms with Crippen LogP contribution in [0.15, 0.2) is 23.8 Å². The number of esters is 2. The van der Waals surface area contributed by atoms with Crippen LogP contribution in [0.4, 0.5) is 0 Å². The van der Waals surface area contributed by atoms with E-state index in [0.717, 1.165) is 18.4 Å². The fourth-order valence-corrected chi connectivity index (χ4v) is 3.99. The van der Waals surface area contributed by atoms with Gasteiger partial charge in [0.25, 0.3) is 10.1 Å². The van der Waals surface area contributed by atoms with Crippen LogP contribution in [-0.4, -0.2) is 42.9 Å². The van der Waals surface area contributed by atoms with Crippen molar-refractivity contribution < 1.29 is 32.0 Å². The summed E-state index contributed by atoms with van der Waals surface area (Å²) in [5.41, 5.74) is -0.473. The summed E-state index contributed by atoms with van der Waals surface area (Å²) < 4.78 is 41.0. The highest BCUT2D eigenvalue weighted by atomic mass is 32.2. The zero-order valence-corrected chi connectivity index (χ0v) is 15.4. The number of hydrogen-bond donors (Lipinski definition) is 1. The summed E-state index contributed by atoms with van der Waals surface area (Å²) in [5, 5.41) is 0. The topological polar surface area (TPSA) is 107 Å². The summed E-state index contributed by atoms with van der Waals surface area (Å²) in [6.07, 6.45) is 4.89. The third-order valence-corrected chi connectivity index (χ3v) is 5.28. The lowest BCUT2D eigenvalue weighted by Crippen LogP contribution is -2.47. The standard InChI is InChI=1S/C17H24O7S/c1-12(2)14(18)24-16(3)9-13-5-4-6-17(10-13,11-16)15(19)23-7-8-25(20,21)22/h9H,1,4-8,10-11H2,2-3H3,(H,20,21,22). The first-order chi connectivity index (χ1) is 11.4. The van der Waals surface area contributed by atoms with Crippen molar-refractivity contribution in [2.24, 2.45) is 5.41 Å². The lowest BCUT2D eigenvalue weighted by molar-refractivity contribution is -0.167. The highest BCUT2D eigenvalue weighted by Gasteiger charge is 2.51. The van der Waals surface area contributed by atoms with Crippen LogP contribution < -0.4 is 0 Å². The lowest BCUT2D eigenvalue weighted by atomic mass is 9.62. The molecule has 2 aliphatic rings. The molecular weight excluding hydrogens is 348 g/mol. The van der Waals surface area contributed by atoms with Crippen LogP contribution in [0, 0.1) is 5.41 Å². The molecular formula is C17H24O7S. The Morgan fingerprint density at radius 1 is 1.40 bits per heavy atom. The molecule has 0 amide bonds. The fraction of sp³-hybridized carbons (Fsp3) is 0.647. The number of hydrogen-bond acceptors (Lipinski definition) is 6. The highest BCUT2D eigenvalue weighted by Crippen LogP contribution is 2.51. The molecule has 140 valence electrons. The summed E-state index contributed by atoms with van der Waals surface area (Å²) in [5.74, 6) is -1.67. The minimum atomic E-state index is -4.19. The largest absolute Gasteiger partial charge is 0.464 e. The molecule has 1 N–H and O–H groups in total. The predicted molar refractivity (Wildman–Crippen MR) is 90.3 cm³/mol. The van der Waals surface area contributed by atoms with Crippen molar-refractivity contribution in [1.82, 2.24) is 0 Å². The highest BCUT2D eigenvalue weighted by molar-refractivity contribution is 7.85. The van der Waals surface area contributed by atoms with E-state index in [0.29, 0.717) is 12.8 Å². The van der Waals surface area contributed by atoms with Crippen molar-refractivity contribution >= 4 is 22.1 Å². The number of ether oxygens (including phenoxy) is 2. The molecule has 1 fully saturated rings. The van der Waals surface area contributed by atoms with Crippen LogP contribution >= 0.6 is 0 Å². The van der Waals surface area contributed by atoms with Gasteiger partial charge in [0.1, 0.15) is 18.0 Å². The first-order valence-corrected chi connectivity index (χ1v) is 9.78. The minimum absolute atomic E-state index is 0.271. The maximum atomic E-state index is 12.6. The molecule has 0 radical (unpaired) electrons. The van der Waals surface area contributed by atoms with Crippen LogP contribution in [0.5, 0.6) is 0 Å². The summed E-state index contributed by atoms with van der Waals surface area (Å²) in [4.78, 5) is 24.6. The van der Waals surface area contributed by atoms with Gasteiger partial charge in [0.05, 0.1) is 5.41 Å². The molecule has 0 aromatic carbocycles. The zero-order valence-electron chi connectivity index (χ0n) is 14.5. The van der Waals surface area contributed by atoms with Gasteiger partial charge in [0, 0.05) is 12.0 Å². The summed E-state index contributed by atoms with van der Waals surface area (Å²) in [7, 11) is -4.19. The third-order valence-electron chi connectivity index (χ3n) is 4.60. The van der Waals surface area contributed by atoms with Crippen LogP contribution in [0.25, 0.3) is 0 Å². The summed E-state index contributed by atoms with van der Waals surface area (Å²) in [6.45, 7) is 6.48. The number of fused-ring (bicyclic) bond motifs is 2. The third kappa shape index (κ3) is 4.92. The summed E-state index contributed by atoms with van der Waals surface area (Å²) in [6, 6.07) is 0. The molecule has 7 nitrogen and oxygen atoms in total. The van der Waals surface area contributed by atoms with Crippen LogP contribution in [0.3, 0.4) is 0 Å². The van der Waals surface area contributed by atoms with E-state index in [4.69, 9.17) is 14.0 Å². The Labute approximate surface area is 147 Å². The molecule has 1 saturated carbocycles. The molecule has 2 bridgehead atoms. The van der Waals surface area contributed by atoms with Crippen molar-refractivity contribution in [3.63, 3.8) is 0 Å². The molecule has 0 aliphatic heterocycles. The van der Waals surface area contributed by atoms with E-state index in [2.05, 4.69) is 6.58 Å². The Bertz CT molecular complexity index is 721. The molecule has 2 rings (SSSR count). The smallest absolute Gasteiger partial charge is 0.333 e. The van der Waals surface area contributed by atoms with E-state index in [1.165, 1.54) is 0 Å². The van der Waals surface area contributed by atoms with E-state index in [-0.39, 0.29) is 12.0 Å². The normalized spacial score (nSPS) is 28.7. The van der Waals surface area contributed by atoms with Gasteiger partial charge in [-0.15, -0.1) is 0 Å². The average molecular weight is 372 g/mol. The second kappa shape index (κ2) is 6.92. The molecule has 2 unspecified atom stereocenters. The molecule has 0 aromatic rings. The molecule has 2 aliphatic carbocycles. The molecule has 0 spiro atoms. The Morgan fingerprint density at radius 2 is 2.08 bits per heavy atom. The van der Waals surface area contributed by atoms with Gasteiger partial charge in [-0.1, -0.05) is 12.2 Å². The van der Waals surface area contributed by atoms with Crippen LogP contribution in [0.2, 0.25) is 0 Å². The van der Waals surface area contributed by atoms with Gasteiger partial charge < -0.3 is 9.47 Å². The predicted octanol–water partition coefficient (Wildman–Crippen LogP) is 2.19. The second-order valence-corrected chi connectivity index (χ2v) is 8.77. The van der Waals surface area contributed by atoms with E-state index in [1.807, 2.05) is 6.08 Å². The SMILES string of the molecule is C=C(C)C(=O)OC1(C)C=C2CCCC(C(=O)OCCS(=O)(=O)O)(C2)C1. The number of carbonyl (C=O) groups excluding carboxylic acids is 2. The monoisotopic (exact) mass is 372 g/mol. The number of carbonyl (C=O) groups is 2. The van der Waals surface area contributed by atoms with Crippen molar-refractivity contribution in [3.8, 4) is 0 Å². The molecule has 2 atom stereocenters. The lowest BCUT2D eigenvalue weighted by Gasteiger charge is -2.45. The Morgan fingerprint density at radius 3 is 2.68 bits per heavy atom. The first kappa shape index (κ1) is 19.7. The van der Waals surface area contributed by atoms with Gasteiger partial charge >= 0.3 is 11.9 Å². The van der Waals surface area contributed by atoms with Crippen molar-refractivity contribution in [2.75, 3.05) is 12.4 Å². The fourth-order valence-electron chi connectivity index (χ4n) is 3.70. The van der Waals surface area contributed by atoms with E-state index in [1.54, 1.807) is 13.8 Å². The minimum Gasteiger partial charge on any atom is -0.464 e. The van der Waals surface area contributed by atoms with Gasteiger partial charge in [-0.05, 0) is 45.6 Å². The van der Waals surface area contributed by atoms with Gasteiger partial charge in [0.15, 0.2) is 0 Å². The average Bonchev–Trinajstić information content (AvgIpc) is 2.44. The van der Waals surface area contributed by atoms with Gasteiger partial charge in [-0.3, -0.25) is 9.35 Å². The quantitative estimate of drug-likeness (QED) is 0.329. The Kier molecular flexibility index (Phi) is 5.44. The molecule has 0 aromatic heterocycles. The Balaban J connectivity index is 2.16. The number of rotatable bonds is 6. The molecule has 8 heteroatoms. The van der Waals surface area contributed by atoms with Gasteiger partial charge in [-0.2, -0.15) is 8.42 Å². The van der Waals surface area contributed by atoms with E-state index >= 15 is 0 Å². The van der Waals surface area contributed by atoms with E-state index in [9.17, 15) is 18.0 Å². The van der Waals surface area contributed by atoms with Crippen molar-refractivity contribution in [3.05, 3.63) is 23.8 Å². The maximum absolute atomic E-state index is 12.6. The van der Waals surface area contributed by atoms with E-state index < -0.39 is 45.4 Å². The van der Waals surface area contributed by atoms with Gasteiger partial charge in [-0.25, -0.2) is 4.79 Å².